The van der Waals surface area contributed by atoms with E-state index in [1.807, 2.05) is 6.07 Å². The topological polar surface area (TPSA) is 62.2 Å². The highest BCUT2D eigenvalue weighted by molar-refractivity contribution is 5.93. The summed E-state index contributed by atoms with van der Waals surface area (Å²) in [5, 5.41) is 12.5. The molecule has 2 heterocycles. The van der Waals surface area contributed by atoms with E-state index < -0.39 is 5.97 Å². The molecule has 19 heavy (non-hydrogen) atoms. The van der Waals surface area contributed by atoms with Crippen LogP contribution in [0.25, 0.3) is 11.1 Å². The molecule has 0 radical (unpaired) electrons. The molecule has 0 aliphatic carbocycles. The summed E-state index contributed by atoms with van der Waals surface area (Å²) in [7, 11) is 0. The molecule has 0 saturated carbocycles. The van der Waals surface area contributed by atoms with Gasteiger partial charge in [-0.15, -0.1) is 0 Å². The number of aromatic nitrogens is 1. The van der Waals surface area contributed by atoms with Gasteiger partial charge in [0.25, 0.3) is 0 Å². The lowest BCUT2D eigenvalue weighted by molar-refractivity contribution is 0.0691. The van der Waals surface area contributed by atoms with E-state index in [0.717, 1.165) is 25.1 Å². The van der Waals surface area contributed by atoms with E-state index in [1.54, 1.807) is 12.1 Å². The van der Waals surface area contributed by atoms with Crippen LogP contribution in [-0.2, 0) is 13.0 Å². The van der Waals surface area contributed by atoms with Gasteiger partial charge in [0.1, 0.15) is 0 Å². The molecule has 2 N–H and O–H groups in total. The highest BCUT2D eigenvalue weighted by Gasteiger charge is 2.15. The average Bonchev–Trinajstić information content (AvgIpc) is 2.46. The number of nitrogens with one attached hydrogen (secondary N) is 1. The number of carboxylic acid groups (broad SMARTS) is 1. The van der Waals surface area contributed by atoms with Gasteiger partial charge in [0.2, 0.25) is 0 Å². The highest BCUT2D eigenvalue weighted by Crippen LogP contribution is 2.26. The number of aromatic carboxylic acids is 1. The van der Waals surface area contributed by atoms with Crippen LogP contribution in [0, 0.1) is 0 Å². The number of hydrogen-bond donors (Lipinski definition) is 2. The van der Waals surface area contributed by atoms with Gasteiger partial charge in [-0.1, -0.05) is 18.2 Å². The minimum Gasteiger partial charge on any atom is -0.476 e. The molecule has 2 aromatic rings. The van der Waals surface area contributed by atoms with Gasteiger partial charge in [-0.2, -0.15) is 0 Å². The quantitative estimate of drug-likeness (QED) is 0.861. The van der Waals surface area contributed by atoms with Gasteiger partial charge in [-0.3, -0.25) is 0 Å². The number of benzene rings is 1. The first-order valence-electron chi connectivity index (χ1n) is 6.27. The summed E-state index contributed by atoms with van der Waals surface area (Å²) in [5.41, 5.74) is 4.26. The lowest BCUT2D eigenvalue weighted by Crippen LogP contribution is -2.23. The van der Waals surface area contributed by atoms with Crippen molar-refractivity contribution in [3.63, 3.8) is 0 Å². The number of carboxylic acids is 1. The Kier molecular flexibility index (Phi) is 3.01. The first kappa shape index (κ1) is 11.9. The summed E-state index contributed by atoms with van der Waals surface area (Å²) in [6.07, 6.45) is 2.53. The lowest BCUT2D eigenvalue weighted by Gasteiger charge is -2.18. The molecular weight excluding hydrogens is 240 g/mol. The highest BCUT2D eigenvalue weighted by atomic mass is 16.4. The third kappa shape index (κ3) is 2.22. The summed E-state index contributed by atoms with van der Waals surface area (Å²) in [4.78, 5) is 15.2. The molecule has 0 unspecified atom stereocenters. The Labute approximate surface area is 111 Å². The Bertz CT molecular complexity index is 638. The fraction of sp³-hybridized carbons (Fsp3) is 0.200. The van der Waals surface area contributed by atoms with Crippen LogP contribution < -0.4 is 5.32 Å². The van der Waals surface area contributed by atoms with Crippen LogP contribution in [0.5, 0.6) is 0 Å². The van der Waals surface area contributed by atoms with Crippen molar-refractivity contribution < 1.29 is 9.90 Å². The second-order valence-corrected chi connectivity index (χ2v) is 4.61. The predicted octanol–water partition coefficient (Wildman–Crippen LogP) is 2.09. The fourth-order valence-corrected chi connectivity index (χ4v) is 2.46. The van der Waals surface area contributed by atoms with E-state index in [4.69, 9.17) is 0 Å². The second kappa shape index (κ2) is 4.82. The number of carbonyl (C=O) groups is 1. The summed E-state index contributed by atoms with van der Waals surface area (Å²) >= 11 is 0. The fourth-order valence-electron chi connectivity index (χ4n) is 2.46. The normalized spacial score (nSPS) is 13.9. The number of hydrogen-bond acceptors (Lipinski definition) is 3. The second-order valence-electron chi connectivity index (χ2n) is 4.61. The Morgan fingerprint density at radius 1 is 1.26 bits per heavy atom. The largest absolute Gasteiger partial charge is 0.476 e. The smallest absolute Gasteiger partial charge is 0.355 e. The maximum atomic E-state index is 11.2. The van der Waals surface area contributed by atoms with Crippen molar-refractivity contribution >= 4 is 5.97 Å². The van der Waals surface area contributed by atoms with Gasteiger partial charge in [0.15, 0.2) is 5.69 Å². The van der Waals surface area contributed by atoms with Gasteiger partial charge in [0.05, 0.1) is 0 Å². The van der Waals surface area contributed by atoms with Gasteiger partial charge >= 0.3 is 5.97 Å². The van der Waals surface area contributed by atoms with Gasteiger partial charge in [0, 0.05) is 18.3 Å². The zero-order valence-electron chi connectivity index (χ0n) is 10.4. The molecule has 0 amide bonds. The molecule has 4 nitrogen and oxygen atoms in total. The molecule has 0 atom stereocenters. The zero-order valence-corrected chi connectivity index (χ0v) is 10.4. The van der Waals surface area contributed by atoms with Crippen LogP contribution in [0.1, 0.15) is 21.6 Å². The molecule has 0 fully saturated rings. The average molecular weight is 254 g/mol. The van der Waals surface area contributed by atoms with Crippen molar-refractivity contribution in [1.82, 2.24) is 10.3 Å². The summed E-state index contributed by atoms with van der Waals surface area (Å²) in [6, 6.07) is 9.69. The van der Waals surface area contributed by atoms with Crippen LogP contribution in [0.4, 0.5) is 0 Å². The molecule has 96 valence electrons. The van der Waals surface area contributed by atoms with Crippen molar-refractivity contribution in [2.45, 2.75) is 13.0 Å². The van der Waals surface area contributed by atoms with Crippen molar-refractivity contribution in [1.29, 1.82) is 0 Å². The van der Waals surface area contributed by atoms with Gasteiger partial charge < -0.3 is 10.4 Å². The number of rotatable bonds is 2. The Morgan fingerprint density at radius 2 is 2.16 bits per heavy atom. The van der Waals surface area contributed by atoms with E-state index in [9.17, 15) is 9.90 Å². The van der Waals surface area contributed by atoms with Crippen molar-refractivity contribution in [3.05, 3.63) is 53.3 Å². The molecule has 1 aliphatic heterocycles. The van der Waals surface area contributed by atoms with Gasteiger partial charge in [-0.05, 0) is 41.8 Å². The number of pyridine rings is 1. The molecule has 1 aliphatic rings. The molecule has 0 saturated heterocycles. The maximum absolute atomic E-state index is 11.2. The van der Waals surface area contributed by atoms with Crippen molar-refractivity contribution in [2.24, 2.45) is 0 Å². The first-order chi connectivity index (χ1) is 9.25. The first-order valence-corrected chi connectivity index (χ1v) is 6.27. The zero-order chi connectivity index (χ0) is 13.2. The maximum Gasteiger partial charge on any atom is 0.355 e. The molecule has 0 bridgehead atoms. The monoisotopic (exact) mass is 254 g/mol. The SMILES string of the molecule is O=C(O)c1ncccc1-c1ccc2c(c1)CNCC2. The van der Waals surface area contributed by atoms with E-state index >= 15 is 0 Å². The number of fused-ring (bicyclic) bond motifs is 1. The minimum atomic E-state index is -0.994. The Morgan fingerprint density at radius 3 is 3.00 bits per heavy atom. The van der Waals surface area contributed by atoms with E-state index in [2.05, 4.69) is 22.4 Å². The Balaban J connectivity index is 2.10. The van der Waals surface area contributed by atoms with E-state index in [-0.39, 0.29) is 5.69 Å². The van der Waals surface area contributed by atoms with E-state index in [0.29, 0.717) is 5.56 Å². The number of nitrogens with zero attached hydrogens (tertiary/aromatic N) is 1. The summed E-state index contributed by atoms with van der Waals surface area (Å²) < 4.78 is 0. The van der Waals surface area contributed by atoms with Crippen molar-refractivity contribution in [3.8, 4) is 11.1 Å². The lowest BCUT2D eigenvalue weighted by atomic mass is 9.95. The van der Waals surface area contributed by atoms with Crippen LogP contribution in [0.2, 0.25) is 0 Å². The Hall–Kier alpha value is -2.20. The summed E-state index contributed by atoms with van der Waals surface area (Å²) in [5.74, 6) is -0.994. The predicted molar refractivity (Wildman–Crippen MR) is 72.0 cm³/mol. The minimum absolute atomic E-state index is 0.103. The van der Waals surface area contributed by atoms with Crippen molar-refractivity contribution in [2.75, 3.05) is 6.54 Å². The molecule has 1 aromatic carbocycles. The third-order valence-electron chi connectivity index (χ3n) is 3.41. The molecule has 1 aromatic heterocycles. The molecule has 0 spiro atoms. The van der Waals surface area contributed by atoms with Crippen LogP contribution in [0.15, 0.2) is 36.5 Å². The molecule has 4 heteroatoms. The third-order valence-corrected chi connectivity index (χ3v) is 3.41. The standard InChI is InChI=1S/C15H14N2O2/c18-15(19)14-13(2-1-6-17-14)11-4-3-10-5-7-16-9-12(10)8-11/h1-4,6,8,16H,5,7,9H2,(H,18,19). The molecular formula is C15H14N2O2. The molecule has 3 rings (SSSR count). The van der Waals surface area contributed by atoms with E-state index in [1.165, 1.54) is 17.3 Å². The van der Waals surface area contributed by atoms with Crippen LogP contribution >= 0.6 is 0 Å². The van der Waals surface area contributed by atoms with Crippen LogP contribution in [0.3, 0.4) is 0 Å². The van der Waals surface area contributed by atoms with Gasteiger partial charge in [-0.25, -0.2) is 9.78 Å². The summed E-state index contributed by atoms with van der Waals surface area (Å²) in [6.45, 7) is 1.84. The van der Waals surface area contributed by atoms with Crippen LogP contribution in [-0.4, -0.2) is 22.6 Å².